The van der Waals surface area contributed by atoms with Gasteiger partial charge in [-0.1, -0.05) is 36.4 Å². The van der Waals surface area contributed by atoms with Crippen molar-refractivity contribution in [2.45, 2.75) is 30.7 Å². The normalized spacial score (nSPS) is 24.6. The number of aliphatic hydroxyl groups excluding tert-OH is 1. The second kappa shape index (κ2) is 11.5. The van der Waals surface area contributed by atoms with Gasteiger partial charge in [0.05, 0.1) is 30.2 Å². The summed E-state index contributed by atoms with van der Waals surface area (Å²) in [6.07, 6.45) is -7.36. The molecule has 3 rings (SSSR count). The Labute approximate surface area is 207 Å². The smallest absolute Gasteiger partial charge is 0.338 e. The van der Waals surface area contributed by atoms with E-state index in [1.165, 1.54) is 24.3 Å². The van der Waals surface area contributed by atoms with Gasteiger partial charge in [0.25, 0.3) is 20.2 Å². The maximum atomic E-state index is 12.8. The van der Waals surface area contributed by atoms with Gasteiger partial charge in [-0.05, 0) is 24.3 Å². The minimum atomic E-state index is -4.26. The lowest BCUT2D eigenvalue weighted by Gasteiger charge is -2.42. The molecule has 0 aliphatic carbocycles. The van der Waals surface area contributed by atoms with Gasteiger partial charge in [-0.2, -0.15) is 16.8 Å². The fourth-order valence-corrected chi connectivity index (χ4v) is 4.35. The summed E-state index contributed by atoms with van der Waals surface area (Å²) in [6.45, 7) is -0.797. The van der Waals surface area contributed by atoms with Crippen LogP contribution in [0.1, 0.15) is 20.7 Å². The van der Waals surface area contributed by atoms with Gasteiger partial charge in [-0.25, -0.2) is 9.59 Å². The number of esters is 2. The Bertz CT molecular complexity index is 1260. The molecule has 2 aromatic rings. The molecular weight excluding hydrogens is 520 g/mol. The zero-order valence-corrected chi connectivity index (χ0v) is 20.8. The number of ether oxygens (including phenoxy) is 3. The molecule has 0 spiro atoms. The highest BCUT2D eigenvalue weighted by molar-refractivity contribution is 7.86. The Balaban J connectivity index is 1.99. The number of carbonyl (C=O) groups excluding carboxylic acids is 2. The average Bonchev–Trinajstić information content (AvgIpc) is 2.81. The summed E-state index contributed by atoms with van der Waals surface area (Å²) in [7, 11) is -8.28. The Morgan fingerprint density at radius 1 is 0.778 bits per heavy atom. The molecule has 1 N–H and O–H groups in total. The third-order valence-electron chi connectivity index (χ3n) is 4.85. The first kappa shape index (κ1) is 27.7. The zero-order valence-electron chi connectivity index (χ0n) is 19.1. The first-order valence-corrected chi connectivity index (χ1v) is 14.1. The molecule has 0 bridgehead atoms. The maximum absolute atomic E-state index is 12.8. The number of hydrogen-bond donors (Lipinski definition) is 1. The van der Waals surface area contributed by atoms with Gasteiger partial charge in [0, 0.05) is 0 Å². The molecule has 1 fully saturated rings. The average molecular weight is 545 g/mol. The molecule has 14 heteroatoms. The van der Waals surface area contributed by atoms with Crippen molar-refractivity contribution in [1.82, 2.24) is 0 Å². The summed E-state index contributed by atoms with van der Waals surface area (Å²) in [5, 5.41) is 10.6. The van der Waals surface area contributed by atoms with Gasteiger partial charge < -0.3 is 19.3 Å². The maximum Gasteiger partial charge on any atom is 0.338 e. The molecule has 196 valence electrons. The van der Waals surface area contributed by atoms with Crippen molar-refractivity contribution >= 4 is 32.2 Å². The highest BCUT2D eigenvalue weighted by Gasteiger charge is 2.52. The highest BCUT2D eigenvalue weighted by atomic mass is 32.2. The van der Waals surface area contributed by atoms with Crippen molar-refractivity contribution in [3.8, 4) is 0 Å². The molecule has 1 aliphatic rings. The lowest BCUT2D eigenvalue weighted by Crippen LogP contribution is -2.62. The van der Waals surface area contributed by atoms with Crippen molar-refractivity contribution in [1.29, 1.82) is 0 Å². The van der Waals surface area contributed by atoms with Crippen LogP contribution < -0.4 is 0 Å². The van der Waals surface area contributed by atoms with E-state index in [-0.39, 0.29) is 11.1 Å². The Hall–Kier alpha value is -2.88. The van der Waals surface area contributed by atoms with Crippen molar-refractivity contribution in [3.63, 3.8) is 0 Å². The van der Waals surface area contributed by atoms with Gasteiger partial charge in [-0.15, -0.1) is 0 Å². The lowest BCUT2D eigenvalue weighted by molar-refractivity contribution is -0.278. The minimum absolute atomic E-state index is 0.0636. The Kier molecular flexibility index (Phi) is 8.81. The summed E-state index contributed by atoms with van der Waals surface area (Å²) in [6, 6.07) is 15.2. The van der Waals surface area contributed by atoms with E-state index in [0.29, 0.717) is 6.26 Å². The van der Waals surface area contributed by atoms with Gasteiger partial charge in [0.1, 0.15) is 12.2 Å². The van der Waals surface area contributed by atoms with Crippen LogP contribution in [0.4, 0.5) is 0 Å². The number of aliphatic hydroxyl groups is 1. The predicted octanol–water partition coefficient (Wildman–Crippen LogP) is 0.476. The van der Waals surface area contributed by atoms with E-state index in [1.807, 2.05) is 0 Å². The number of carbonyl (C=O) groups is 2. The summed E-state index contributed by atoms with van der Waals surface area (Å²) in [4.78, 5) is 25.5. The van der Waals surface area contributed by atoms with E-state index in [1.54, 1.807) is 36.4 Å². The molecule has 0 radical (unpaired) electrons. The molecule has 0 aromatic heterocycles. The highest BCUT2D eigenvalue weighted by Crippen LogP contribution is 2.30. The van der Waals surface area contributed by atoms with E-state index < -0.39 is 69.5 Å². The van der Waals surface area contributed by atoms with Gasteiger partial charge >= 0.3 is 11.9 Å². The molecule has 12 nitrogen and oxygen atoms in total. The van der Waals surface area contributed by atoms with Crippen molar-refractivity contribution in [2.24, 2.45) is 0 Å². The first-order valence-electron chi connectivity index (χ1n) is 10.4. The molecule has 1 saturated heterocycles. The fourth-order valence-electron chi connectivity index (χ4n) is 3.33. The van der Waals surface area contributed by atoms with Crippen molar-refractivity contribution in [3.05, 3.63) is 71.8 Å². The summed E-state index contributed by atoms with van der Waals surface area (Å²) < 4.78 is 73.0. The molecule has 1 heterocycles. The fraction of sp³-hybridized carbons (Fsp3) is 0.364. The van der Waals surface area contributed by atoms with Crippen LogP contribution in [-0.2, 0) is 42.8 Å². The summed E-state index contributed by atoms with van der Waals surface area (Å²) in [5.41, 5.74) is 0.148. The van der Waals surface area contributed by atoms with Crippen LogP contribution in [0.2, 0.25) is 0 Å². The van der Waals surface area contributed by atoms with E-state index in [9.17, 15) is 31.5 Å². The third kappa shape index (κ3) is 7.81. The minimum Gasteiger partial charge on any atom is -0.452 e. The summed E-state index contributed by atoms with van der Waals surface area (Å²) >= 11 is 0. The van der Waals surface area contributed by atoms with Crippen LogP contribution in [0.25, 0.3) is 0 Å². The zero-order chi connectivity index (χ0) is 26.5. The molecule has 0 amide bonds. The SMILES string of the molecule is CS(=O)(=O)OC[C@H]1O[C@H](O)[C@H](OC(=O)c2ccccc2)[C@@H](OC(=O)c2ccccc2)[C@@H]1OS(C)(=O)=O. The van der Waals surface area contributed by atoms with E-state index in [0.717, 1.165) is 6.26 Å². The lowest BCUT2D eigenvalue weighted by atomic mass is 9.98. The van der Waals surface area contributed by atoms with Crippen LogP contribution in [0.3, 0.4) is 0 Å². The molecule has 0 unspecified atom stereocenters. The van der Waals surface area contributed by atoms with Gasteiger partial charge in [0.2, 0.25) is 0 Å². The first-order chi connectivity index (χ1) is 16.8. The van der Waals surface area contributed by atoms with Crippen LogP contribution in [0, 0.1) is 0 Å². The monoisotopic (exact) mass is 544 g/mol. The standard InChI is InChI=1S/C22H24O12S2/c1-35(26,27)30-13-16-17(34-36(2,28)29)18(32-20(23)14-9-5-3-6-10-14)19(22(25)31-16)33-21(24)15-11-7-4-8-12-15/h3-12,16-19,22,25H,13H2,1-2H3/t16-,17-,18+,19-,22+/m1/s1. The molecule has 36 heavy (non-hydrogen) atoms. The number of rotatable bonds is 9. The third-order valence-corrected chi connectivity index (χ3v) is 5.98. The Morgan fingerprint density at radius 3 is 1.69 bits per heavy atom. The Morgan fingerprint density at radius 2 is 1.25 bits per heavy atom. The number of benzene rings is 2. The summed E-state index contributed by atoms with van der Waals surface area (Å²) in [5.74, 6) is -1.90. The topological polar surface area (TPSA) is 169 Å². The molecule has 5 atom stereocenters. The van der Waals surface area contributed by atoms with Gasteiger partial charge in [-0.3, -0.25) is 8.37 Å². The second-order valence-electron chi connectivity index (χ2n) is 7.79. The molecule has 2 aromatic carbocycles. The van der Waals surface area contributed by atoms with E-state index in [4.69, 9.17) is 22.6 Å². The van der Waals surface area contributed by atoms with Crippen LogP contribution in [-0.4, -0.2) is 83.7 Å². The van der Waals surface area contributed by atoms with Crippen LogP contribution in [0.15, 0.2) is 60.7 Å². The number of hydrogen-bond acceptors (Lipinski definition) is 12. The second-order valence-corrected chi connectivity index (χ2v) is 11.0. The molecule has 1 aliphatic heterocycles. The van der Waals surface area contributed by atoms with Crippen LogP contribution in [0.5, 0.6) is 0 Å². The quantitative estimate of drug-likeness (QED) is 0.343. The largest absolute Gasteiger partial charge is 0.452 e. The molecular formula is C22H24O12S2. The van der Waals surface area contributed by atoms with Crippen molar-refractivity contribution < 1.29 is 54.1 Å². The van der Waals surface area contributed by atoms with E-state index >= 15 is 0 Å². The van der Waals surface area contributed by atoms with Crippen molar-refractivity contribution in [2.75, 3.05) is 19.1 Å². The van der Waals surface area contributed by atoms with E-state index in [2.05, 4.69) is 0 Å². The van der Waals surface area contributed by atoms with Gasteiger partial charge in [0.15, 0.2) is 18.5 Å². The predicted molar refractivity (Wildman–Crippen MR) is 123 cm³/mol. The molecule has 0 saturated carbocycles. The van der Waals surface area contributed by atoms with Crippen LogP contribution >= 0.6 is 0 Å².